The van der Waals surface area contributed by atoms with Crippen molar-refractivity contribution in [2.75, 3.05) is 0 Å². The van der Waals surface area contributed by atoms with Crippen LogP contribution in [0.1, 0.15) is 26.3 Å². The van der Waals surface area contributed by atoms with E-state index < -0.39 is 53.1 Å². The summed E-state index contributed by atoms with van der Waals surface area (Å²) < 4.78 is 70.8. The van der Waals surface area contributed by atoms with Gasteiger partial charge in [0.05, 0.1) is 11.5 Å². The zero-order valence-electron chi connectivity index (χ0n) is 12.7. The van der Waals surface area contributed by atoms with Crippen LogP contribution in [-0.4, -0.2) is 5.97 Å². The van der Waals surface area contributed by atoms with Gasteiger partial charge in [-0.25, -0.2) is 22.0 Å². The molecule has 0 heterocycles. The molecule has 1 aromatic rings. The molecule has 0 aliphatic heterocycles. The van der Waals surface area contributed by atoms with Gasteiger partial charge in [-0.3, -0.25) is 4.79 Å². The minimum Gasteiger partial charge on any atom is -0.460 e. The van der Waals surface area contributed by atoms with Gasteiger partial charge in [0.15, 0.2) is 23.3 Å². The van der Waals surface area contributed by atoms with Gasteiger partial charge in [0.1, 0.15) is 6.61 Å². The number of allylic oxidation sites excluding steroid dienone is 2. The van der Waals surface area contributed by atoms with Crippen molar-refractivity contribution < 1.29 is 31.5 Å². The Hall–Kier alpha value is -1.92. The Morgan fingerprint density at radius 1 is 1.04 bits per heavy atom. The third-order valence-corrected chi connectivity index (χ3v) is 4.22. The summed E-state index contributed by atoms with van der Waals surface area (Å²) in [5, 5.41) is 0. The van der Waals surface area contributed by atoms with Gasteiger partial charge in [-0.2, -0.15) is 0 Å². The van der Waals surface area contributed by atoms with E-state index in [0.29, 0.717) is 0 Å². The summed E-state index contributed by atoms with van der Waals surface area (Å²) in [6.07, 6.45) is 3.58. The van der Waals surface area contributed by atoms with Gasteiger partial charge in [0.25, 0.3) is 0 Å². The Labute approximate surface area is 129 Å². The maximum atomic E-state index is 13.5. The largest absolute Gasteiger partial charge is 0.460 e. The summed E-state index contributed by atoms with van der Waals surface area (Å²) in [7, 11) is 0. The van der Waals surface area contributed by atoms with E-state index in [0.717, 1.165) is 0 Å². The van der Waals surface area contributed by atoms with Gasteiger partial charge in [-0.05, 0) is 18.3 Å². The monoisotopic (exact) mass is 334 g/mol. The van der Waals surface area contributed by atoms with Gasteiger partial charge in [-0.15, -0.1) is 0 Å². The first-order valence-corrected chi connectivity index (χ1v) is 6.94. The lowest BCUT2D eigenvalue weighted by Gasteiger charge is -2.09. The first-order chi connectivity index (χ1) is 10.6. The van der Waals surface area contributed by atoms with Crippen LogP contribution in [0, 0.1) is 46.3 Å². The fourth-order valence-electron chi connectivity index (χ4n) is 2.70. The third kappa shape index (κ3) is 2.84. The summed E-state index contributed by atoms with van der Waals surface area (Å²) in [5.74, 6) is -11.7. The van der Waals surface area contributed by atoms with Gasteiger partial charge >= 0.3 is 5.97 Å². The molecule has 0 amide bonds. The van der Waals surface area contributed by atoms with Crippen LogP contribution in [0.3, 0.4) is 0 Å². The standard InChI is InChI=1S/C16H15F5O2/c1-4-5-8-9(16(8,2)3)15(22)23-6-7-10(17)12(19)14(21)13(20)11(7)18/h4-5,8-9H,6H2,1-3H3/b5-4-. The van der Waals surface area contributed by atoms with E-state index in [4.69, 9.17) is 4.74 Å². The van der Waals surface area contributed by atoms with Gasteiger partial charge in [-0.1, -0.05) is 26.0 Å². The normalized spacial score (nSPS) is 22.4. The summed E-state index contributed by atoms with van der Waals surface area (Å²) in [6, 6.07) is 0. The zero-order valence-corrected chi connectivity index (χ0v) is 12.7. The van der Waals surface area contributed by atoms with Crippen LogP contribution in [0.2, 0.25) is 0 Å². The predicted molar refractivity (Wildman–Crippen MR) is 71.6 cm³/mol. The van der Waals surface area contributed by atoms with Crippen LogP contribution in [0.5, 0.6) is 0 Å². The van der Waals surface area contributed by atoms with E-state index in [1.807, 2.05) is 19.9 Å². The molecule has 0 radical (unpaired) electrons. The number of carbonyl (C=O) groups is 1. The predicted octanol–water partition coefficient (Wildman–Crippen LogP) is 4.27. The molecular weight excluding hydrogens is 319 g/mol. The summed E-state index contributed by atoms with van der Waals surface area (Å²) in [4.78, 5) is 12.0. The molecule has 126 valence electrons. The molecule has 0 saturated heterocycles. The molecule has 7 heteroatoms. The Kier molecular flexibility index (Phi) is 4.50. The van der Waals surface area contributed by atoms with Crippen molar-refractivity contribution in [2.24, 2.45) is 17.3 Å². The van der Waals surface area contributed by atoms with Crippen molar-refractivity contribution in [3.05, 3.63) is 46.8 Å². The number of ether oxygens (including phenoxy) is 1. The Morgan fingerprint density at radius 2 is 1.52 bits per heavy atom. The average Bonchev–Trinajstić information content (AvgIpc) is 3.04. The van der Waals surface area contributed by atoms with E-state index in [1.54, 1.807) is 13.0 Å². The molecule has 1 aromatic carbocycles. The molecule has 1 aliphatic carbocycles. The summed E-state index contributed by atoms with van der Waals surface area (Å²) in [5.41, 5.74) is -1.53. The fraction of sp³-hybridized carbons (Fsp3) is 0.438. The van der Waals surface area contributed by atoms with Crippen LogP contribution in [0.25, 0.3) is 0 Å². The quantitative estimate of drug-likeness (QED) is 0.270. The molecule has 1 fully saturated rings. The lowest BCUT2D eigenvalue weighted by Crippen LogP contribution is -2.14. The summed E-state index contributed by atoms with van der Waals surface area (Å²) >= 11 is 0. The van der Waals surface area contributed by atoms with Crippen molar-refractivity contribution in [3.63, 3.8) is 0 Å². The number of carbonyl (C=O) groups excluding carboxylic acids is 1. The van der Waals surface area contributed by atoms with Gasteiger partial charge in [0, 0.05) is 0 Å². The second kappa shape index (κ2) is 5.94. The number of halogens is 5. The molecule has 2 rings (SSSR count). The SMILES string of the molecule is C/C=C\C1C(C(=O)OCc2c(F)c(F)c(F)c(F)c2F)C1(C)C. The van der Waals surface area contributed by atoms with Crippen LogP contribution in [0.4, 0.5) is 22.0 Å². The Morgan fingerprint density at radius 3 is 2.00 bits per heavy atom. The van der Waals surface area contributed by atoms with Crippen LogP contribution >= 0.6 is 0 Å². The van der Waals surface area contributed by atoms with E-state index >= 15 is 0 Å². The van der Waals surface area contributed by atoms with E-state index in [1.165, 1.54) is 0 Å². The molecule has 2 unspecified atom stereocenters. The molecule has 2 nitrogen and oxygen atoms in total. The van der Waals surface area contributed by atoms with Crippen molar-refractivity contribution in [1.29, 1.82) is 0 Å². The Bertz CT molecular complexity index is 653. The molecule has 0 bridgehead atoms. The fourth-order valence-corrected chi connectivity index (χ4v) is 2.70. The molecule has 1 saturated carbocycles. The third-order valence-electron chi connectivity index (χ3n) is 4.22. The summed E-state index contributed by atoms with van der Waals surface area (Å²) in [6.45, 7) is 4.41. The molecule has 0 N–H and O–H groups in total. The number of benzene rings is 1. The van der Waals surface area contributed by atoms with Crippen LogP contribution in [-0.2, 0) is 16.1 Å². The van der Waals surface area contributed by atoms with E-state index in [9.17, 15) is 26.7 Å². The van der Waals surface area contributed by atoms with Crippen molar-refractivity contribution in [1.82, 2.24) is 0 Å². The van der Waals surface area contributed by atoms with Gasteiger partial charge < -0.3 is 4.74 Å². The number of hydrogen-bond acceptors (Lipinski definition) is 2. The highest BCUT2D eigenvalue weighted by Crippen LogP contribution is 2.59. The molecule has 23 heavy (non-hydrogen) atoms. The lowest BCUT2D eigenvalue weighted by atomic mass is 10.1. The highest BCUT2D eigenvalue weighted by molar-refractivity contribution is 5.78. The Balaban J connectivity index is 2.15. The number of rotatable bonds is 4. The highest BCUT2D eigenvalue weighted by atomic mass is 19.2. The van der Waals surface area contributed by atoms with Crippen LogP contribution < -0.4 is 0 Å². The minimum atomic E-state index is -2.24. The number of esters is 1. The lowest BCUT2D eigenvalue weighted by molar-refractivity contribution is -0.147. The maximum absolute atomic E-state index is 13.5. The van der Waals surface area contributed by atoms with E-state index in [-0.39, 0.29) is 11.3 Å². The molecular formula is C16H15F5O2. The van der Waals surface area contributed by atoms with Crippen molar-refractivity contribution in [3.8, 4) is 0 Å². The van der Waals surface area contributed by atoms with Gasteiger partial charge in [0.2, 0.25) is 5.82 Å². The van der Waals surface area contributed by atoms with Crippen molar-refractivity contribution >= 4 is 5.97 Å². The second-order valence-electron chi connectivity index (χ2n) is 6.01. The minimum absolute atomic E-state index is 0.0867. The first-order valence-electron chi connectivity index (χ1n) is 6.94. The van der Waals surface area contributed by atoms with Crippen molar-refractivity contribution in [2.45, 2.75) is 27.4 Å². The second-order valence-corrected chi connectivity index (χ2v) is 6.01. The maximum Gasteiger partial charge on any atom is 0.310 e. The molecule has 0 spiro atoms. The molecule has 0 aromatic heterocycles. The van der Waals surface area contributed by atoms with Crippen LogP contribution in [0.15, 0.2) is 12.2 Å². The smallest absolute Gasteiger partial charge is 0.310 e. The molecule has 1 aliphatic rings. The number of hydrogen-bond donors (Lipinski definition) is 0. The first kappa shape index (κ1) is 17.4. The topological polar surface area (TPSA) is 26.3 Å². The highest BCUT2D eigenvalue weighted by Gasteiger charge is 2.61. The zero-order chi connectivity index (χ0) is 17.5. The molecule has 2 atom stereocenters. The average molecular weight is 334 g/mol. The van der Waals surface area contributed by atoms with E-state index in [2.05, 4.69) is 0 Å².